The summed E-state index contributed by atoms with van der Waals surface area (Å²) in [4.78, 5) is 4.61. The Morgan fingerprint density at radius 3 is 2.23 bits per heavy atom. The molecule has 0 saturated carbocycles. The zero-order valence-corrected chi connectivity index (χ0v) is 18.5. The SMILES string of the molecule is CCOc1c(C)cc(S(=O)(=O)N(CCc2ccccc2)Cc2ccccn2)cc1C. The molecule has 0 N–H and O–H groups in total. The van der Waals surface area contributed by atoms with E-state index in [2.05, 4.69) is 4.98 Å². The zero-order chi connectivity index (χ0) is 21.6. The molecule has 0 spiro atoms. The summed E-state index contributed by atoms with van der Waals surface area (Å²) in [5.74, 6) is 0.747. The van der Waals surface area contributed by atoms with E-state index >= 15 is 0 Å². The average molecular weight is 425 g/mol. The monoisotopic (exact) mass is 424 g/mol. The Morgan fingerprint density at radius 1 is 0.967 bits per heavy atom. The van der Waals surface area contributed by atoms with Gasteiger partial charge >= 0.3 is 0 Å². The van der Waals surface area contributed by atoms with E-state index in [-0.39, 0.29) is 11.4 Å². The molecule has 0 aliphatic rings. The molecule has 0 bridgehead atoms. The molecular weight excluding hydrogens is 396 g/mol. The van der Waals surface area contributed by atoms with Crippen molar-refractivity contribution in [3.8, 4) is 5.75 Å². The summed E-state index contributed by atoms with van der Waals surface area (Å²) in [5, 5.41) is 0. The lowest BCUT2D eigenvalue weighted by atomic mass is 10.1. The highest BCUT2D eigenvalue weighted by Gasteiger charge is 2.26. The summed E-state index contributed by atoms with van der Waals surface area (Å²) in [5.41, 5.74) is 3.44. The second kappa shape index (κ2) is 9.87. The standard InChI is InChI=1S/C24H28N2O3S/c1-4-29-24-19(2)16-23(17-20(24)3)30(27,28)26(18-22-12-8-9-14-25-22)15-13-21-10-6-5-7-11-21/h5-12,14,16-17H,4,13,15,18H2,1-3H3. The van der Waals surface area contributed by atoms with Crippen LogP contribution in [0.4, 0.5) is 0 Å². The molecule has 3 aromatic rings. The van der Waals surface area contributed by atoms with Crippen LogP contribution < -0.4 is 4.74 Å². The Balaban J connectivity index is 1.94. The fraction of sp³-hybridized carbons (Fsp3) is 0.292. The Hall–Kier alpha value is -2.70. The van der Waals surface area contributed by atoms with E-state index in [4.69, 9.17) is 4.74 Å². The summed E-state index contributed by atoms with van der Waals surface area (Å²) in [7, 11) is -3.71. The van der Waals surface area contributed by atoms with Gasteiger partial charge in [0.05, 0.1) is 23.7 Å². The average Bonchev–Trinajstić information content (AvgIpc) is 2.75. The van der Waals surface area contributed by atoms with E-state index in [0.717, 1.165) is 22.4 Å². The molecule has 0 aliphatic heterocycles. The summed E-state index contributed by atoms with van der Waals surface area (Å²) in [6.07, 6.45) is 2.31. The second-order valence-electron chi connectivity index (χ2n) is 7.21. The van der Waals surface area contributed by atoms with Crippen LogP contribution in [-0.2, 0) is 23.0 Å². The predicted octanol–water partition coefficient (Wildman–Crippen LogP) is 4.53. The van der Waals surface area contributed by atoms with Gasteiger partial charge in [0.2, 0.25) is 10.0 Å². The lowest BCUT2D eigenvalue weighted by Crippen LogP contribution is -2.33. The number of aromatic nitrogens is 1. The van der Waals surface area contributed by atoms with Crippen molar-refractivity contribution >= 4 is 10.0 Å². The Kier molecular flexibility index (Phi) is 7.24. The van der Waals surface area contributed by atoms with Crippen LogP contribution in [0.5, 0.6) is 5.75 Å². The minimum absolute atomic E-state index is 0.224. The van der Waals surface area contributed by atoms with Crippen LogP contribution in [0.25, 0.3) is 0 Å². The van der Waals surface area contributed by atoms with Crippen LogP contribution >= 0.6 is 0 Å². The zero-order valence-electron chi connectivity index (χ0n) is 17.7. The minimum Gasteiger partial charge on any atom is -0.493 e. The number of rotatable bonds is 9. The fourth-order valence-corrected chi connectivity index (χ4v) is 5.02. The fourth-order valence-electron chi connectivity index (χ4n) is 3.44. The van der Waals surface area contributed by atoms with E-state index in [0.29, 0.717) is 25.3 Å². The normalized spacial score (nSPS) is 11.6. The van der Waals surface area contributed by atoms with Gasteiger partial charge in [0.25, 0.3) is 0 Å². The van der Waals surface area contributed by atoms with Crippen LogP contribution in [-0.4, -0.2) is 30.9 Å². The summed E-state index contributed by atoms with van der Waals surface area (Å²) >= 11 is 0. The first-order valence-electron chi connectivity index (χ1n) is 10.1. The predicted molar refractivity (Wildman–Crippen MR) is 119 cm³/mol. The maximum atomic E-state index is 13.6. The number of aryl methyl sites for hydroxylation is 2. The quantitative estimate of drug-likeness (QED) is 0.506. The van der Waals surface area contributed by atoms with Crippen molar-refractivity contribution in [2.45, 2.75) is 38.6 Å². The Bertz CT molecular complexity index is 1050. The molecule has 0 radical (unpaired) electrons. The van der Waals surface area contributed by atoms with Gasteiger partial charge < -0.3 is 4.74 Å². The van der Waals surface area contributed by atoms with E-state index in [1.807, 2.05) is 69.3 Å². The highest BCUT2D eigenvalue weighted by Crippen LogP contribution is 2.29. The molecule has 0 fully saturated rings. The van der Waals surface area contributed by atoms with E-state index in [9.17, 15) is 8.42 Å². The minimum atomic E-state index is -3.71. The lowest BCUT2D eigenvalue weighted by Gasteiger charge is -2.23. The molecule has 0 aliphatic carbocycles. The van der Waals surface area contributed by atoms with Gasteiger partial charge in [-0.15, -0.1) is 0 Å². The molecule has 0 amide bonds. The van der Waals surface area contributed by atoms with Crippen molar-refractivity contribution in [3.05, 3.63) is 89.2 Å². The molecule has 1 aromatic heterocycles. The van der Waals surface area contributed by atoms with Crippen LogP contribution in [0.15, 0.2) is 71.8 Å². The highest BCUT2D eigenvalue weighted by atomic mass is 32.2. The number of benzene rings is 2. The largest absolute Gasteiger partial charge is 0.493 e. The number of sulfonamides is 1. The number of hydrogen-bond acceptors (Lipinski definition) is 4. The van der Waals surface area contributed by atoms with Gasteiger partial charge in [-0.05, 0) is 68.1 Å². The van der Waals surface area contributed by atoms with E-state index in [1.165, 1.54) is 4.31 Å². The van der Waals surface area contributed by atoms with Crippen molar-refractivity contribution < 1.29 is 13.2 Å². The Morgan fingerprint density at radius 2 is 1.63 bits per heavy atom. The number of nitrogens with zero attached hydrogens (tertiary/aromatic N) is 2. The first-order valence-corrected chi connectivity index (χ1v) is 11.5. The van der Waals surface area contributed by atoms with Gasteiger partial charge in [-0.2, -0.15) is 4.31 Å². The molecule has 0 unspecified atom stereocenters. The molecule has 0 saturated heterocycles. The van der Waals surface area contributed by atoms with Crippen LogP contribution in [0.1, 0.15) is 29.3 Å². The molecule has 5 nitrogen and oxygen atoms in total. The topological polar surface area (TPSA) is 59.5 Å². The molecule has 3 rings (SSSR count). The van der Waals surface area contributed by atoms with Crippen molar-refractivity contribution in [1.29, 1.82) is 0 Å². The molecule has 0 atom stereocenters. The number of pyridine rings is 1. The van der Waals surface area contributed by atoms with Crippen molar-refractivity contribution in [2.75, 3.05) is 13.2 Å². The van der Waals surface area contributed by atoms with Gasteiger partial charge in [0, 0.05) is 12.7 Å². The maximum absolute atomic E-state index is 13.6. The summed E-state index contributed by atoms with van der Waals surface area (Å²) < 4.78 is 34.4. The molecular formula is C24H28N2O3S. The smallest absolute Gasteiger partial charge is 0.243 e. The van der Waals surface area contributed by atoms with Gasteiger partial charge in [-0.25, -0.2) is 8.42 Å². The van der Waals surface area contributed by atoms with E-state index in [1.54, 1.807) is 18.3 Å². The molecule has 158 valence electrons. The molecule has 6 heteroatoms. The van der Waals surface area contributed by atoms with Crippen molar-refractivity contribution in [2.24, 2.45) is 0 Å². The first-order chi connectivity index (χ1) is 14.4. The van der Waals surface area contributed by atoms with Crippen LogP contribution in [0.2, 0.25) is 0 Å². The Labute approximate surface area is 179 Å². The third-order valence-electron chi connectivity index (χ3n) is 4.92. The lowest BCUT2D eigenvalue weighted by molar-refractivity contribution is 0.335. The van der Waals surface area contributed by atoms with Gasteiger partial charge in [0.1, 0.15) is 5.75 Å². The molecule has 2 aromatic carbocycles. The van der Waals surface area contributed by atoms with Gasteiger partial charge in [-0.1, -0.05) is 36.4 Å². The van der Waals surface area contributed by atoms with Crippen LogP contribution in [0.3, 0.4) is 0 Å². The maximum Gasteiger partial charge on any atom is 0.243 e. The second-order valence-corrected chi connectivity index (χ2v) is 9.15. The van der Waals surface area contributed by atoms with Crippen molar-refractivity contribution in [3.63, 3.8) is 0 Å². The summed E-state index contributed by atoms with van der Waals surface area (Å²) in [6.45, 7) is 6.81. The summed E-state index contributed by atoms with van der Waals surface area (Å²) in [6, 6.07) is 18.8. The highest BCUT2D eigenvalue weighted by molar-refractivity contribution is 7.89. The third-order valence-corrected chi connectivity index (χ3v) is 6.74. The van der Waals surface area contributed by atoms with Crippen molar-refractivity contribution in [1.82, 2.24) is 9.29 Å². The van der Waals surface area contributed by atoms with E-state index < -0.39 is 10.0 Å². The molecule has 1 heterocycles. The first kappa shape index (κ1) is 22.0. The molecule has 30 heavy (non-hydrogen) atoms. The van der Waals surface area contributed by atoms with Gasteiger partial charge in [-0.3, -0.25) is 4.98 Å². The van der Waals surface area contributed by atoms with Gasteiger partial charge in [0.15, 0.2) is 0 Å². The number of ether oxygens (including phenoxy) is 1. The number of hydrogen-bond donors (Lipinski definition) is 0. The third kappa shape index (κ3) is 5.26. The van der Waals surface area contributed by atoms with Crippen LogP contribution in [0, 0.1) is 13.8 Å².